The summed E-state index contributed by atoms with van der Waals surface area (Å²) in [6.45, 7) is 15.2. The lowest BCUT2D eigenvalue weighted by Crippen LogP contribution is -2.29. The van der Waals surface area contributed by atoms with Crippen LogP contribution in [0.4, 0.5) is 0 Å². The van der Waals surface area contributed by atoms with Gasteiger partial charge in [-0.15, -0.1) is 0 Å². The number of aliphatic hydroxyl groups excluding tert-OH is 2. The predicted octanol–water partition coefficient (Wildman–Crippen LogP) is 6.19. The first-order valence-electron chi connectivity index (χ1n) is 10.5. The summed E-state index contributed by atoms with van der Waals surface area (Å²) in [6.07, 6.45) is 0.275. The van der Waals surface area contributed by atoms with Gasteiger partial charge in [0.15, 0.2) is 0 Å². The van der Waals surface area contributed by atoms with Crippen LogP contribution in [0.2, 0.25) is 0 Å². The highest BCUT2D eigenvalue weighted by Crippen LogP contribution is 2.45. The summed E-state index contributed by atoms with van der Waals surface area (Å²) < 4.78 is 0.965. The van der Waals surface area contributed by atoms with Gasteiger partial charge >= 0.3 is 0 Å². The van der Waals surface area contributed by atoms with E-state index < -0.39 is 12.2 Å². The lowest BCUT2D eigenvalue weighted by Gasteiger charge is -2.36. The molecule has 3 rings (SSSR count). The molecule has 0 saturated carbocycles. The van der Waals surface area contributed by atoms with Crippen molar-refractivity contribution in [3.8, 4) is 0 Å². The highest BCUT2D eigenvalue weighted by molar-refractivity contribution is 14.1. The molecule has 0 unspecified atom stereocenters. The van der Waals surface area contributed by atoms with E-state index in [1.165, 1.54) is 5.56 Å². The number of halogens is 1. The van der Waals surface area contributed by atoms with E-state index >= 15 is 0 Å². The van der Waals surface area contributed by atoms with Gasteiger partial charge in [0.25, 0.3) is 0 Å². The fraction of sp³-hybridized carbons (Fsp3) is 0.560. The summed E-state index contributed by atoms with van der Waals surface area (Å²) in [4.78, 5) is 5.00. The van der Waals surface area contributed by atoms with Gasteiger partial charge in [-0.2, -0.15) is 0 Å². The third-order valence-electron chi connectivity index (χ3n) is 5.95. The van der Waals surface area contributed by atoms with Crippen LogP contribution in [-0.4, -0.2) is 15.2 Å². The smallest absolute Gasteiger partial charge is 0.107 e. The Morgan fingerprint density at radius 3 is 2.24 bits per heavy atom. The maximum atomic E-state index is 11.4. The zero-order valence-corrected chi connectivity index (χ0v) is 20.8. The number of benzene rings is 1. The molecule has 0 aliphatic heterocycles. The van der Waals surface area contributed by atoms with Crippen LogP contribution in [0, 0.1) is 8.99 Å². The van der Waals surface area contributed by atoms with E-state index in [4.69, 9.17) is 4.98 Å². The molecule has 0 radical (unpaired) electrons. The molecule has 1 aromatic heterocycles. The second-order valence-corrected chi connectivity index (χ2v) is 11.7. The summed E-state index contributed by atoms with van der Waals surface area (Å²) >= 11 is 2.31. The molecule has 2 aromatic rings. The summed E-state index contributed by atoms with van der Waals surface area (Å²) in [6, 6.07) is 8.24. The Balaban J connectivity index is 2.12. The molecule has 0 saturated heterocycles. The van der Waals surface area contributed by atoms with Gasteiger partial charge in [0.1, 0.15) is 6.10 Å². The first kappa shape index (κ1) is 22.7. The Hall–Kier alpha value is -0.980. The van der Waals surface area contributed by atoms with Gasteiger partial charge in [0, 0.05) is 20.4 Å². The summed E-state index contributed by atoms with van der Waals surface area (Å²) in [5, 5.41) is 22.2. The molecule has 4 heteroatoms. The van der Waals surface area contributed by atoms with Crippen LogP contribution in [0.5, 0.6) is 0 Å². The first-order valence-corrected chi connectivity index (χ1v) is 11.6. The van der Waals surface area contributed by atoms with E-state index in [0.29, 0.717) is 6.42 Å². The van der Waals surface area contributed by atoms with Crippen LogP contribution in [0.15, 0.2) is 24.3 Å². The number of rotatable bonds is 3. The van der Waals surface area contributed by atoms with Crippen LogP contribution in [-0.2, 0) is 11.8 Å². The fourth-order valence-corrected chi connectivity index (χ4v) is 5.55. The van der Waals surface area contributed by atoms with Gasteiger partial charge in [-0.05, 0) is 63.3 Å². The maximum absolute atomic E-state index is 11.4. The Bertz CT molecular complexity index is 895. The molecule has 2 atom stereocenters. The molecule has 158 valence electrons. The van der Waals surface area contributed by atoms with Crippen molar-refractivity contribution in [2.45, 2.75) is 84.8 Å². The van der Waals surface area contributed by atoms with Gasteiger partial charge in [-0.1, -0.05) is 72.7 Å². The van der Waals surface area contributed by atoms with Crippen LogP contribution in [0.3, 0.4) is 0 Å². The lowest BCUT2D eigenvalue weighted by molar-refractivity contribution is 0.0966. The van der Waals surface area contributed by atoms with Crippen LogP contribution in [0.25, 0.3) is 0 Å². The monoisotopic (exact) mass is 507 g/mol. The average Bonchev–Trinajstić information content (AvgIpc) is 2.58. The first-order chi connectivity index (χ1) is 13.3. The minimum absolute atomic E-state index is 0.0274. The van der Waals surface area contributed by atoms with Crippen molar-refractivity contribution >= 4 is 22.6 Å². The number of pyridine rings is 1. The molecule has 3 nitrogen and oxygen atoms in total. The lowest BCUT2D eigenvalue weighted by atomic mass is 9.74. The number of hydrogen-bond donors (Lipinski definition) is 2. The molecule has 29 heavy (non-hydrogen) atoms. The standard InChI is InChI=1S/C25H34INO2/c1-14(2)22-20(23(29)15-8-10-16(11-9-15)24(3,4)5)21(26)19-17(27-22)12-25(6,7)13-18(19)28/h8-11,14,18,23,28-29H,12-13H2,1-7H3/t18-,23+/m0/s1. The van der Waals surface area contributed by atoms with E-state index in [2.05, 4.69) is 83.2 Å². The van der Waals surface area contributed by atoms with E-state index in [9.17, 15) is 10.2 Å². The SMILES string of the molecule is CC(C)c1nc2c(c(I)c1[C@H](O)c1ccc(C(C)(C)C)cc1)[C@@H](O)CC(C)(C)C2. The van der Waals surface area contributed by atoms with Gasteiger partial charge in [-0.3, -0.25) is 4.98 Å². The zero-order valence-electron chi connectivity index (χ0n) is 18.7. The summed E-state index contributed by atoms with van der Waals surface area (Å²) in [5.41, 5.74) is 5.89. The molecule has 1 aromatic carbocycles. The molecular formula is C25H34INO2. The Morgan fingerprint density at radius 1 is 1.14 bits per heavy atom. The molecule has 0 amide bonds. The Labute approximate surface area is 189 Å². The van der Waals surface area contributed by atoms with Crippen LogP contribution in [0.1, 0.15) is 107 Å². The zero-order chi connectivity index (χ0) is 21.7. The maximum Gasteiger partial charge on any atom is 0.107 e. The largest absolute Gasteiger partial charge is 0.388 e. The van der Waals surface area contributed by atoms with Crippen molar-refractivity contribution in [3.63, 3.8) is 0 Å². The van der Waals surface area contributed by atoms with E-state index in [0.717, 1.165) is 38.1 Å². The van der Waals surface area contributed by atoms with Crippen molar-refractivity contribution in [2.75, 3.05) is 0 Å². The number of nitrogens with zero attached hydrogens (tertiary/aromatic N) is 1. The highest BCUT2D eigenvalue weighted by atomic mass is 127. The van der Waals surface area contributed by atoms with Crippen molar-refractivity contribution < 1.29 is 10.2 Å². The minimum atomic E-state index is -0.756. The van der Waals surface area contributed by atoms with Gasteiger partial charge < -0.3 is 10.2 Å². The molecule has 1 aliphatic rings. The van der Waals surface area contributed by atoms with Crippen LogP contribution < -0.4 is 0 Å². The summed E-state index contributed by atoms with van der Waals surface area (Å²) in [5.74, 6) is 0.189. The number of hydrogen-bond acceptors (Lipinski definition) is 3. The number of aliphatic hydroxyl groups is 2. The normalized spacial score (nSPS) is 19.9. The minimum Gasteiger partial charge on any atom is -0.388 e. The molecule has 0 bridgehead atoms. The van der Waals surface area contributed by atoms with Crippen molar-refractivity contribution in [1.82, 2.24) is 4.98 Å². The Kier molecular flexibility index (Phi) is 6.21. The second kappa shape index (κ2) is 7.93. The fourth-order valence-electron chi connectivity index (χ4n) is 4.31. The van der Waals surface area contributed by atoms with Gasteiger partial charge in [0.2, 0.25) is 0 Å². The van der Waals surface area contributed by atoms with Crippen molar-refractivity contribution in [3.05, 3.63) is 61.5 Å². The Morgan fingerprint density at radius 2 is 1.72 bits per heavy atom. The molecule has 0 fully saturated rings. The van der Waals surface area contributed by atoms with E-state index in [-0.39, 0.29) is 16.7 Å². The number of fused-ring (bicyclic) bond motifs is 1. The third kappa shape index (κ3) is 4.54. The molecule has 2 N–H and O–H groups in total. The molecule has 1 aliphatic carbocycles. The average molecular weight is 507 g/mol. The van der Waals surface area contributed by atoms with Gasteiger partial charge in [-0.25, -0.2) is 0 Å². The topological polar surface area (TPSA) is 53.4 Å². The quantitative estimate of drug-likeness (QED) is 0.487. The highest BCUT2D eigenvalue weighted by Gasteiger charge is 2.36. The molecular weight excluding hydrogens is 473 g/mol. The van der Waals surface area contributed by atoms with E-state index in [1.807, 2.05) is 12.1 Å². The third-order valence-corrected chi connectivity index (χ3v) is 7.12. The predicted molar refractivity (Wildman–Crippen MR) is 127 cm³/mol. The van der Waals surface area contributed by atoms with Crippen LogP contribution >= 0.6 is 22.6 Å². The summed E-state index contributed by atoms with van der Waals surface area (Å²) in [7, 11) is 0. The van der Waals surface area contributed by atoms with Crippen molar-refractivity contribution in [1.29, 1.82) is 0 Å². The number of aromatic nitrogens is 1. The van der Waals surface area contributed by atoms with E-state index in [1.54, 1.807) is 0 Å². The second-order valence-electron chi connectivity index (χ2n) is 10.6. The molecule has 1 heterocycles. The molecule has 0 spiro atoms. The van der Waals surface area contributed by atoms with Crippen molar-refractivity contribution in [2.24, 2.45) is 5.41 Å². The van der Waals surface area contributed by atoms with Gasteiger partial charge in [0.05, 0.1) is 11.8 Å².